The molecule has 0 aliphatic heterocycles. The number of imidazole rings is 1. The Labute approximate surface area is 182 Å². The molecule has 3 aromatic carbocycles. The highest BCUT2D eigenvalue weighted by Gasteiger charge is 2.19. The van der Waals surface area contributed by atoms with Gasteiger partial charge in [-0.3, -0.25) is 4.57 Å². The second kappa shape index (κ2) is 7.62. The highest BCUT2D eigenvalue weighted by Crippen LogP contribution is 2.38. The molecule has 9 heteroatoms. The van der Waals surface area contributed by atoms with Gasteiger partial charge in [0.1, 0.15) is 11.6 Å². The van der Waals surface area contributed by atoms with Gasteiger partial charge in [-0.05, 0) is 47.2 Å². The van der Waals surface area contributed by atoms with Gasteiger partial charge in [0, 0.05) is 17.2 Å². The van der Waals surface area contributed by atoms with Crippen LogP contribution in [0.1, 0.15) is 16.2 Å². The molecule has 0 bridgehead atoms. The van der Waals surface area contributed by atoms with Gasteiger partial charge in [-0.1, -0.05) is 30.3 Å². The van der Waals surface area contributed by atoms with Crippen molar-refractivity contribution in [3.05, 3.63) is 72.1 Å². The monoisotopic (exact) mass is 426 g/mol. The van der Waals surface area contributed by atoms with Gasteiger partial charge in [-0.15, -0.1) is 5.10 Å². The molecule has 0 aliphatic carbocycles. The molecule has 9 nitrogen and oxygen atoms in total. The van der Waals surface area contributed by atoms with Crippen molar-refractivity contribution < 1.29 is 14.6 Å². The summed E-state index contributed by atoms with van der Waals surface area (Å²) in [5, 5.41) is 23.9. The number of nitrogens with zero attached hydrogens (tertiary/aromatic N) is 5. The van der Waals surface area contributed by atoms with Crippen LogP contribution in [0, 0.1) is 6.92 Å². The summed E-state index contributed by atoms with van der Waals surface area (Å²) in [5.41, 5.74) is 4.68. The maximum Gasteiger partial charge on any atom is 0.337 e. The van der Waals surface area contributed by atoms with E-state index in [0.717, 1.165) is 22.4 Å². The van der Waals surface area contributed by atoms with E-state index in [1.54, 1.807) is 25.3 Å². The van der Waals surface area contributed by atoms with E-state index in [9.17, 15) is 9.90 Å². The molecule has 158 valence electrons. The van der Waals surface area contributed by atoms with Crippen LogP contribution < -0.4 is 4.74 Å². The molecule has 0 atom stereocenters. The summed E-state index contributed by atoms with van der Waals surface area (Å²) >= 11 is 0. The molecule has 5 rings (SSSR count). The van der Waals surface area contributed by atoms with E-state index in [2.05, 4.69) is 25.6 Å². The van der Waals surface area contributed by atoms with Crippen LogP contribution in [0.2, 0.25) is 0 Å². The first kappa shape index (κ1) is 19.4. The second-order valence-corrected chi connectivity index (χ2v) is 7.15. The summed E-state index contributed by atoms with van der Waals surface area (Å²) in [7, 11) is 1.60. The van der Waals surface area contributed by atoms with Crippen molar-refractivity contribution in [1.82, 2.24) is 30.2 Å². The largest absolute Gasteiger partial charge is 0.496 e. The first-order chi connectivity index (χ1) is 15.6. The summed E-state index contributed by atoms with van der Waals surface area (Å²) in [4.78, 5) is 16.4. The summed E-state index contributed by atoms with van der Waals surface area (Å²) in [6.07, 6.45) is 0. The van der Waals surface area contributed by atoms with E-state index in [1.807, 2.05) is 54.0 Å². The molecule has 2 N–H and O–H groups in total. The van der Waals surface area contributed by atoms with E-state index in [-0.39, 0.29) is 5.56 Å². The predicted molar refractivity (Wildman–Crippen MR) is 118 cm³/mol. The molecule has 0 fully saturated rings. The zero-order chi connectivity index (χ0) is 22.2. The topological polar surface area (TPSA) is 119 Å². The third-order valence-corrected chi connectivity index (χ3v) is 5.34. The lowest BCUT2D eigenvalue weighted by Crippen LogP contribution is -2.04. The number of fused-ring (bicyclic) bond motifs is 1. The van der Waals surface area contributed by atoms with E-state index < -0.39 is 5.97 Å². The second-order valence-electron chi connectivity index (χ2n) is 7.15. The molecule has 2 heterocycles. The summed E-state index contributed by atoms with van der Waals surface area (Å²) in [6, 6.07) is 18.5. The van der Waals surface area contributed by atoms with Crippen LogP contribution in [0.5, 0.6) is 5.75 Å². The van der Waals surface area contributed by atoms with Gasteiger partial charge in [0.25, 0.3) is 0 Å². The normalized spacial score (nSPS) is 11.1. The number of aryl methyl sites for hydroxylation is 1. The highest BCUT2D eigenvalue weighted by molar-refractivity contribution is 6.02. The van der Waals surface area contributed by atoms with Gasteiger partial charge in [0.2, 0.25) is 0 Å². The minimum absolute atomic E-state index is 0.189. The van der Waals surface area contributed by atoms with Gasteiger partial charge in [0.15, 0.2) is 5.82 Å². The molecule has 0 radical (unpaired) electrons. The average molecular weight is 426 g/mol. The Morgan fingerprint density at radius 3 is 2.56 bits per heavy atom. The predicted octanol–water partition coefficient (Wildman–Crippen LogP) is 3.89. The van der Waals surface area contributed by atoms with Gasteiger partial charge in [-0.25, -0.2) is 14.9 Å². The standard InChI is InChI=1S/C23H18N6O3/c1-13-24-19-9-5-8-18(23(30)31)21(19)29(13)14-10-11-16(20(12-14)32-2)15-6-3-4-7-17(15)22-25-27-28-26-22/h3-12H,1-2H3,(H,30,31)(H,25,26,27,28). The van der Waals surface area contributed by atoms with Crippen LogP contribution in [0.3, 0.4) is 0 Å². The minimum Gasteiger partial charge on any atom is -0.496 e. The summed E-state index contributed by atoms with van der Waals surface area (Å²) in [5.74, 6) is 0.845. The Bertz CT molecular complexity index is 1460. The number of carbonyl (C=O) groups is 1. The molecule has 0 spiro atoms. The summed E-state index contributed by atoms with van der Waals surface area (Å²) in [6.45, 7) is 1.85. The smallest absolute Gasteiger partial charge is 0.337 e. The van der Waals surface area contributed by atoms with Crippen molar-refractivity contribution in [2.75, 3.05) is 7.11 Å². The fourth-order valence-electron chi connectivity index (χ4n) is 3.97. The number of tetrazole rings is 1. The molecular weight excluding hydrogens is 408 g/mol. The Morgan fingerprint density at radius 1 is 1.03 bits per heavy atom. The highest BCUT2D eigenvalue weighted by atomic mass is 16.5. The number of aromatic amines is 1. The number of nitrogens with one attached hydrogen (secondary N) is 1. The molecule has 5 aromatic rings. The maximum absolute atomic E-state index is 11.8. The fraction of sp³-hybridized carbons (Fsp3) is 0.0870. The fourth-order valence-corrected chi connectivity index (χ4v) is 3.97. The lowest BCUT2D eigenvalue weighted by atomic mass is 9.98. The number of hydrogen-bond acceptors (Lipinski definition) is 6. The van der Waals surface area contributed by atoms with Crippen molar-refractivity contribution in [3.63, 3.8) is 0 Å². The number of H-pyrrole nitrogens is 1. The van der Waals surface area contributed by atoms with E-state index in [0.29, 0.717) is 28.4 Å². The summed E-state index contributed by atoms with van der Waals surface area (Å²) < 4.78 is 7.56. The number of carboxylic acid groups (broad SMARTS) is 1. The maximum atomic E-state index is 11.8. The Kier molecular flexibility index (Phi) is 4.63. The molecule has 32 heavy (non-hydrogen) atoms. The van der Waals surface area contributed by atoms with Crippen LogP contribution in [-0.4, -0.2) is 48.4 Å². The molecule has 0 saturated heterocycles. The molecular formula is C23H18N6O3. The van der Waals surface area contributed by atoms with Gasteiger partial charge in [0.05, 0.1) is 29.4 Å². The van der Waals surface area contributed by atoms with Crippen molar-refractivity contribution in [2.45, 2.75) is 6.92 Å². The number of hydrogen-bond donors (Lipinski definition) is 2. The zero-order valence-electron chi connectivity index (χ0n) is 17.3. The molecule has 0 unspecified atom stereocenters. The number of methoxy groups -OCH3 is 1. The number of benzene rings is 3. The Morgan fingerprint density at radius 2 is 1.84 bits per heavy atom. The minimum atomic E-state index is -1.00. The Hall–Kier alpha value is -4.53. The molecule has 0 amide bonds. The molecule has 2 aromatic heterocycles. The van der Waals surface area contributed by atoms with Crippen molar-refractivity contribution >= 4 is 17.0 Å². The van der Waals surface area contributed by atoms with Crippen LogP contribution in [0.4, 0.5) is 0 Å². The number of carboxylic acids is 1. The average Bonchev–Trinajstić information content (AvgIpc) is 3.45. The first-order valence-corrected chi connectivity index (χ1v) is 9.81. The lowest BCUT2D eigenvalue weighted by molar-refractivity contribution is 0.0698. The van der Waals surface area contributed by atoms with E-state index >= 15 is 0 Å². The Balaban J connectivity index is 1.71. The number of aromatic carboxylic acids is 1. The van der Waals surface area contributed by atoms with Gasteiger partial charge >= 0.3 is 5.97 Å². The van der Waals surface area contributed by atoms with Crippen LogP contribution in [0.25, 0.3) is 39.2 Å². The lowest BCUT2D eigenvalue weighted by Gasteiger charge is -2.15. The van der Waals surface area contributed by atoms with E-state index in [1.165, 1.54) is 0 Å². The van der Waals surface area contributed by atoms with Crippen molar-refractivity contribution in [3.8, 4) is 34.0 Å². The SMILES string of the molecule is COc1cc(-n2c(C)nc3cccc(C(=O)O)c32)ccc1-c1ccccc1-c1nnn[nH]1. The zero-order valence-corrected chi connectivity index (χ0v) is 17.3. The van der Waals surface area contributed by atoms with Crippen molar-refractivity contribution in [1.29, 1.82) is 0 Å². The third kappa shape index (κ3) is 3.07. The number of para-hydroxylation sites is 1. The molecule has 0 saturated carbocycles. The number of aromatic nitrogens is 6. The van der Waals surface area contributed by atoms with E-state index in [4.69, 9.17) is 4.74 Å². The first-order valence-electron chi connectivity index (χ1n) is 9.81. The van der Waals surface area contributed by atoms with Crippen LogP contribution in [0.15, 0.2) is 60.7 Å². The number of ether oxygens (including phenoxy) is 1. The number of rotatable bonds is 5. The third-order valence-electron chi connectivity index (χ3n) is 5.34. The quantitative estimate of drug-likeness (QED) is 0.438. The molecule has 0 aliphatic rings. The van der Waals surface area contributed by atoms with Crippen molar-refractivity contribution in [2.24, 2.45) is 0 Å². The van der Waals surface area contributed by atoms with Gasteiger partial charge in [-0.2, -0.15) is 0 Å². The van der Waals surface area contributed by atoms with Crippen LogP contribution in [-0.2, 0) is 0 Å². The van der Waals surface area contributed by atoms with Crippen LogP contribution >= 0.6 is 0 Å². The van der Waals surface area contributed by atoms with Gasteiger partial charge < -0.3 is 9.84 Å².